The van der Waals surface area contributed by atoms with Gasteiger partial charge in [0.2, 0.25) is 0 Å². The van der Waals surface area contributed by atoms with Gasteiger partial charge in [-0.05, 0) is 194 Å². The summed E-state index contributed by atoms with van der Waals surface area (Å²) in [4.78, 5) is 13.9. The maximum atomic E-state index is 13.7. The highest BCUT2D eigenvalue weighted by molar-refractivity contribution is 9.09. The van der Waals surface area contributed by atoms with Gasteiger partial charge in [-0.15, -0.1) is 0 Å². The Morgan fingerprint density at radius 1 is 0.281 bits per heavy atom. The molecule has 2 nitrogen and oxygen atoms in total. The number of alkyl halides is 1. The molecule has 0 saturated heterocycles. The number of hydrogen-bond donors (Lipinski definition) is 0. The molecule has 3 heteroatoms. The lowest BCUT2D eigenvalue weighted by molar-refractivity contribution is -0.154. The lowest BCUT2D eigenvalue weighted by Crippen LogP contribution is -2.29. The number of halogens is 1. The summed E-state index contributed by atoms with van der Waals surface area (Å²) in [5, 5.41) is 0. The smallest absolute Gasteiger partial charge is 0.311 e. The summed E-state index contributed by atoms with van der Waals surface area (Å²) in [6.45, 7) is 6.42. The lowest BCUT2D eigenvalue weighted by atomic mass is 9.70. The Labute approximate surface area is 542 Å². The van der Waals surface area contributed by atoms with Gasteiger partial charge < -0.3 is 4.74 Å². The van der Waals surface area contributed by atoms with E-state index in [1.165, 1.54) is 55.6 Å². The minimum Gasteiger partial charge on any atom is -0.466 e. The number of ether oxygens (including phenoxy) is 1. The van der Waals surface area contributed by atoms with Gasteiger partial charge in [-0.25, -0.2) is 0 Å². The Morgan fingerprint density at radius 2 is 0.449 bits per heavy atom. The fourth-order valence-corrected chi connectivity index (χ4v) is 15.4. The molecular formula is C86H91BrO2. The first-order valence-corrected chi connectivity index (χ1v) is 33.9. The zero-order valence-electron chi connectivity index (χ0n) is 52.6. The number of carbonyl (C=O) groups excluding carboxylic acids is 1. The third kappa shape index (κ3) is 18.6. The molecule has 0 spiro atoms. The zero-order chi connectivity index (χ0) is 61.5. The molecule has 10 atom stereocenters. The van der Waals surface area contributed by atoms with Gasteiger partial charge in [-0.2, -0.15) is 0 Å². The van der Waals surface area contributed by atoms with Crippen LogP contribution in [0.1, 0.15) is 199 Å². The van der Waals surface area contributed by atoms with Crippen molar-refractivity contribution in [2.24, 2.45) is 5.41 Å². The van der Waals surface area contributed by atoms with Crippen LogP contribution in [-0.4, -0.2) is 12.6 Å². The summed E-state index contributed by atoms with van der Waals surface area (Å²) in [7, 11) is 0. The van der Waals surface area contributed by atoms with Gasteiger partial charge in [-0.3, -0.25) is 4.79 Å². The molecule has 0 aromatic heterocycles. The molecule has 0 aliphatic carbocycles. The van der Waals surface area contributed by atoms with Crippen molar-refractivity contribution < 1.29 is 9.53 Å². The number of benzene rings is 10. The number of rotatable bonds is 32. The maximum Gasteiger partial charge on any atom is 0.311 e. The van der Waals surface area contributed by atoms with Crippen LogP contribution in [0.25, 0.3) is 0 Å². The van der Waals surface area contributed by atoms with Crippen molar-refractivity contribution in [1.29, 1.82) is 0 Å². The van der Waals surface area contributed by atoms with Crippen molar-refractivity contribution in [2.45, 2.75) is 143 Å². The van der Waals surface area contributed by atoms with Crippen molar-refractivity contribution in [3.8, 4) is 0 Å². The van der Waals surface area contributed by atoms with Crippen LogP contribution in [0.15, 0.2) is 303 Å². The molecule has 0 aliphatic heterocycles. The summed E-state index contributed by atoms with van der Waals surface area (Å²) in [6.07, 6.45) is 9.70. The van der Waals surface area contributed by atoms with E-state index in [-0.39, 0.29) is 46.3 Å². The third-order valence-electron chi connectivity index (χ3n) is 19.2. The maximum absolute atomic E-state index is 13.7. The average molecular weight is 1240 g/mol. The SMILES string of the molecule is CCOC(=O)C(C)(C)CC(CC(CC(CC(CC(CC(CC(CC(CC(CC(Br)c1ccccc1)c1ccccc1)c1ccccc1)c1ccccc1)c1ccccc1)c1ccccc1)c1ccccc1)c1ccccc1)c1ccccc1)c1ccccc1. The molecule has 0 bridgehead atoms. The first kappa shape index (κ1) is 64.1. The number of carbonyl (C=O) groups is 1. The molecular weight excluding hydrogens is 1140 g/mol. The first-order chi connectivity index (χ1) is 43.7. The van der Waals surface area contributed by atoms with E-state index in [4.69, 9.17) is 4.74 Å². The van der Waals surface area contributed by atoms with E-state index in [0.29, 0.717) is 30.8 Å². The Kier molecular flexibility index (Phi) is 23.9. The van der Waals surface area contributed by atoms with Crippen LogP contribution in [0, 0.1) is 5.41 Å². The van der Waals surface area contributed by atoms with Crippen molar-refractivity contribution in [3.05, 3.63) is 359 Å². The monoisotopic (exact) mass is 1230 g/mol. The molecule has 89 heavy (non-hydrogen) atoms. The number of esters is 1. The van der Waals surface area contributed by atoms with Crippen LogP contribution in [0.2, 0.25) is 0 Å². The van der Waals surface area contributed by atoms with Crippen LogP contribution < -0.4 is 0 Å². The minimum absolute atomic E-state index is 0.130. The molecule has 10 aromatic rings. The molecule has 0 aliphatic rings. The largest absolute Gasteiger partial charge is 0.466 e. The normalized spacial score (nSPS) is 15.1. The molecule has 10 rings (SSSR count). The lowest BCUT2D eigenvalue weighted by Gasteiger charge is -2.35. The van der Waals surface area contributed by atoms with E-state index in [9.17, 15) is 4.79 Å². The van der Waals surface area contributed by atoms with Gasteiger partial charge in [0.25, 0.3) is 0 Å². The number of hydrogen-bond acceptors (Lipinski definition) is 2. The predicted molar refractivity (Wildman–Crippen MR) is 377 cm³/mol. The molecule has 10 unspecified atom stereocenters. The van der Waals surface area contributed by atoms with Gasteiger partial charge in [0.15, 0.2) is 0 Å². The second kappa shape index (κ2) is 33.1. The first-order valence-electron chi connectivity index (χ1n) is 33.0. The minimum atomic E-state index is -0.658. The summed E-state index contributed by atoms with van der Waals surface area (Å²) >= 11 is 4.21. The zero-order valence-corrected chi connectivity index (χ0v) is 54.2. The average Bonchev–Trinajstić information content (AvgIpc) is 3.15. The fourth-order valence-electron chi connectivity index (χ4n) is 14.6. The van der Waals surface area contributed by atoms with Gasteiger partial charge in [-0.1, -0.05) is 319 Å². The predicted octanol–water partition coefficient (Wildman–Crippen LogP) is 23.7. The van der Waals surface area contributed by atoms with Gasteiger partial charge >= 0.3 is 5.97 Å². The molecule has 0 amide bonds. The highest BCUT2D eigenvalue weighted by atomic mass is 79.9. The quantitative estimate of drug-likeness (QED) is 0.0310. The van der Waals surface area contributed by atoms with Gasteiger partial charge in [0.05, 0.1) is 12.0 Å². The molecule has 0 fully saturated rings. The Hall–Kier alpha value is -7.85. The van der Waals surface area contributed by atoms with Gasteiger partial charge in [0.1, 0.15) is 0 Å². The van der Waals surface area contributed by atoms with Crippen LogP contribution >= 0.6 is 15.9 Å². The van der Waals surface area contributed by atoms with Crippen molar-refractivity contribution in [1.82, 2.24) is 0 Å². The van der Waals surface area contributed by atoms with E-state index < -0.39 is 5.41 Å². The van der Waals surface area contributed by atoms with E-state index >= 15 is 0 Å². The third-order valence-corrected chi connectivity index (χ3v) is 20.1. The van der Waals surface area contributed by atoms with E-state index in [0.717, 1.165) is 57.8 Å². The molecule has 454 valence electrons. The van der Waals surface area contributed by atoms with E-state index in [2.05, 4.69) is 333 Å². The van der Waals surface area contributed by atoms with Crippen molar-refractivity contribution >= 4 is 21.9 Å². The summed E-state index contributed by atoms with van der Waals surface area (Å²) in [6, 6.07) is 113. The second-order valence-electron chi connectivity index (χ2n) is 25.8. The summed E-state index contributed by atoms with van der Waals surface area (Å²) in [5.74, 6) is 2.19. The highest BCUT2D eigenvalue weighted by Crippen LogP contribution is 2.50. The van der Waals surface area contributed by atoms with E-state index in [1.54, 1.807) is 0 Å². The molecule has 0 heterocycles. The van der Waals surface area contributed by atoms with Crippen LogP contribution in [0.3, 0.4) is 0 Å². The molecule has 10 aromatic carbocycles. The standard InChI is InChI=1S/C86H91BrO2/c1-4-89-85(88)86(2,3)64-83(73-51-31-13-32-52-73)62-81(71-47-27-11-28-48-71)60-79(69-43-23-9-24-44-69)58-77(67-39-19-7-20-40-67)56-75(65-35-15-5-16-36-65)55-76(66-37-17-6-18-38-66)57-78(68-41-21-8-22-42-68)59-80(70-45-25-10-26-46-70)61-82(72-49-29-12-30-50-72)63-84(87)74-53-33-14-34-54-74/h5-54,75-84H,4,55-64H2,1-3H3. The van der Waals surface area contributed by atoms with Crippen molar-refractivity contribution in [2.75, 3.05) is 6.61 Å². The van der Waals surface area contributed by atoms with Gasteiger partial charge in [0, 0.05) is 4.83 Å². The molecule has 0 radical (unpaired) electrons. The highest BCUT2D eigenvalue weighted by Gasteiger charge is 2.36. The summed E-state index contributed by atoms with van der Waals surface area (Å²) in [5.41, 5.74) is 13.2. The Bertz CT molecular complexity index is 3550. The van der Waals surface area contributed by atoms with Crippen LogP contribution in [-0.2, 0) is 9.53 Å². The van der Waals surface area contributed by atoms with Crippen LogP contribution in [0.5, 0.6) is 0 Å². The van der Waals surface area contributed by atoms with Crippen molar-refractivity contribution in [3.63, 3.8) is 0 Å². The topological polar surface area (TPSA) is 26.3 Å². The second-order valence-corrected chi connectivity index (χ2v) is 26.9. The van der Waals surface area contributed by atoms with Crippen LogP contribution in [0.4, 0.5) is 0 Å². The molecule has 0 saturated carbocycles. The Balaban J connectivity index is 1.01. The summed E-state index contributed by atoms with van der Waals surface area (Å²) < 4.78 is 5.73. The molecule has 0 N–H and O–H groups in total. The fraction of sp³-hybridized carbons (Fsp3) is 0.291. The van der Waals surface area contributed by atoms with E-state index in [1.807, 2.05) is 6.92 Å². The Morgan fingerprint density at radius 3 is 0.652 bits per heavy atom.